The van der Waals surface area contributed by atoms with Crippen molar-refractivity contribution in [2.45, 2.75) is 19.4 Å². The Morgan fingerprint density at radius 1 is 1.26 bits per heavy atom. The summed E-state index contributed by atoms with van der Waals surface area (Å²) in [4.78, 5) is 18.3. The molecular formula is C20H22ClN5O. The molecule has 1 unspecified atom stereocenters. The minimum atomic E-state index is -0.0298. The average Bonchev–Trinajstić information content (AvgIpc) is 3.20. The number of hydrogen-bond donors (Lipinski definition) is 1. The fraction of sp³-hybridized carbons (Fsp3) is 0.250. The van der Waals surface area contributed by atoms with Crippen LogP contribution in [0.1, 0.15) is 24.9 Å². The van der Waals surface area contributed by atoms with Crippen LogP contribution in [0.5, 0.6) is 0 Å². The third kappa shape index (κ3) is 5.15. The van der Waals surface area contributed by atoms with Gasteiger partial charge in [-0.25, -0.2) is 9.67 Å². The van der Waals surface area contributed by atoms with Gasteiger partial charge in [0.25, 0.3) is 0 Å². The number of anilines is 1. The first-order valence-corrected chi connectivity index (χ1v) is 9.11. The minimum absolute atomic E-state index is 0.0298. The molecule has 1 heterocycles. The number of nitrogens with one attached hydrogen (secondary N) is 1. The quantitative estimate of drug-likeness (QED) is 0.671. The van der Waals surface area contributed by atoms with Crippen LogP contribution in [0.15, 0.2) is 61.2 Å². The molecule has 1 amide bonds. The normalized spacial score (nSPS) is 12.1. The van der Waals surface area contributed by atoms with Crippen LogP contribution < -0.4 is 5.32 Å². The highest BCUT2D eigenvalue weighted by atomic mass is 35.5. The Hall–Kier alpha value is -2.70. The summed E-state index contributed by atoms with van der Waals surface area (Å²) < 4.78 is 1.72. The van der Waals surface area contributed by atoms with E-state index in [1.54, 1.807) is 23.1 Å². The number of benzene rings is 2. The molecule has 6 nitrogen and oxygen atoms in total. The lowest BCUT2D eigenvalue weighted by atomic mass is 10.1. The first kappa shape index (κ1) is 19.1. The standard InChI is InChI=1S/C20H22ClN5O/c1-15(16-6-8-19(9-7-16)26-14-22-13-23-26)25(2)11-10-20(27)24-18-5-3-4-17(21)12-18/h3-9,12-15H,10-11H2,1-2H3,(H,24,27). The summed E-state index contributed by atoms with van der Waals surface area (Å²) in [7, 11) is 2.02. The number of nitrogens with zero attached hydrogens (tertiary/aromatic N) is 4. The highest BCUT2D eigenvalue weighted by Crippen LogP contribution is 2.20. The Kier molecular flexibility index (Phi) is 6.21. The third-order valence-corrected chi connectivity index (χ3v) is 4.75. The molecule has 2 aromatic carbocycles. The molecule has 0 aliphatic carbocycles. The van der Waals surface area contributed by atoms with Crippen molar-refractivity contribution >= 4 is 23.2 Å². The van der Waals surface area contributed by atoms with Crippen LogP contribution in [0.25, 0.3) is 5.69 Å². The second-order valence-corrected chi connectivity index (χ2v) is 6.83. The van der Waals surface area contributed by atoms with Crippen molar-refractivity contribution in [3.8, 4) is 5.69 Å². The molecule has 27 heavy (non-hydrogen) atoms. The minimum Gasteiger partial charge on any atom is -0.326 e. The van der Waals surface area contributed by atoms with Crippen LogP contribution in [0.4, 0.5) is 5.69 Å². The lowest BCUT2D eigenvalue weighted by Gasteiger charge is -2.25. The molecule has 140 valence electrons. The van der Waals surface area contributed by atoms with E-state index in [0.717, 1.165) is 5.69 Å². The SMILES string of the molecule is CC(c1ccc(-n2cncn2)cc1)N(C)CCC(=O)Nc1cccc(Cl)c1. The fourth-order valence-electron chi connectivity index (χ4n) is 2.76. The maximum absolute atomic E-state index is 12.2. The number of rotatable bonds is 7. The van der Waals surface area contributed by atoms with Gasteiger partial charge in [-0.2, -0.15) is 5.10 Å². The van der Waals surface area contributed by atoms with Crippen molar-refractivity contribution in [2.24, 2.45) is 0 Å². The van der Waals surface area contributed by atoms with Gasteiger partial charge in [0.2, 0.25) is 5.91 Å². The van der Waals surface area contributed by atoms with Crippen LogP contribution in [0.2, 0.25) is 5.02 Å². The van der Waals surface area contributed by atoms with Crippen molar-refractivity contribution in [1.29, 1.82) is 0 Å². The molecule has 0 aliphatic rings. The number of carbonyl (C=O) groups is 1. The van der Waals surface area contributed by atoms with E-state index < -0.39 is 0 Å². The summed E-state index contributed by atoms with van der Waals surface area (Å²) in [6.07, 6.45) is 3.59. The van der Waals surface area contributed by atoms with E-state index in [4.69, 9.17) is 11.6 Å². The summed E-state index contributed by atoms with van der Waals surface area (Å²) in [5, 5.41) is 7.61. The summed E-state index contributed by atoms with van der Waals surface area (Å²) in [5.41, 5.74) is 2.86. The molecule has 7 heteroatoms. The average molecular weight is 384 g/mol. The van der Waals surface area contributed by atoms with E-state index >= 15 is 0 Å². The van der Waals surface area contributed by atoms with Gasteiger partial charge in [0.15, 0.2) is 0 Å². The van der Waals surface area contributed by atoms with Gasteiger partial charge in [0, 0.05) is 29.7 Å². The molecule has 3 aromatic rings. The van der Waals surface area contributed by atoms with Gasteiger partial charge < -0.3 is 5.32 Å². The van der Waals surface area contributed by atoms with Gasteiger partial charge in [0.05, 0.1) is 5.69 Å². The molecule has 0 aliphatic heterocycles. The van der Waals surface area contributed by atoms with Gasteiger partial charge in [-0.3, -0.25) is 9.69 Å². The predicted octanol–water partition coefficient (Wildman–Crippen LogP) is 3.94. The Balaban J connectivity index is 1.52. The third-order valence-electron chi connectivity index (χ3n) is 4.52. The van der Waals surface area contributed by atoms with Gasteiger partial charge in [-0.05, 0) is 49.9 Å². The lowest BCUT2D eigenvalue weighted by Crippen LogP contribution is -2.27. The summed E-state index contributed by atoms with van der Waals surface area (Å²) in [6.45, 7) is 2.78. The second kappa shape index (κ2) is 8.79. The zero-order valence-corrected chi connectivity index (χ0v) is 16.1. The topological polar surface area (TPSA) is 63.1 Å². The lowest BCUT2D eigenvalue weighted by molar-refractivity contribution is -0.116. The summed E-state index contributed by atoms with van der Waals surface area (Å²) >= 11 is 5.94. The second-order valence-electron chi connectivity index (χ2n) is 6.40. The first-order valence-electron chi connectivity index (χ1n) is 8.73. The van der Waals surface area contributed by atoms with Crippen molar-refractivity contribution in [2.75, 3.05) is 18.9 Å². The highest BCUT2D eigenvalue weighted by Gasteiger charge is 2.13. The van der Waals surface area contributed by atoms with E-state index in [2.05, 4.69) is 39.4 Å². The number of aromatic nitrogens is 3. The molecule has 0 saturated carbocycles. The Bertz CT molecular complexity index is 880. The Morgan fingerprint density at radius 3 is 2.70 bits per heavy atom. The first-order chi connectivity index (χ1) is 13.0. The van der Waals surface area contributed by atoms with Crippen molar-refractivity contribution in [3.63, 3.8) is 0 Å². The molecule has 0 spiro atoms. The van der Waals surface area contributed by atoms with Crippen molar-refractivity contribution in [1.82, 2.24) is 19.7 Å². The zero-order chi connectivity index (χ0) is 19.2. The van der Waals surface area contributed by atoms with Crippen LogP contribution in [0, 0.1) is 0 Å². The molecule has 1 N–H and O–H groups in total. The van der Waals surface area contributed by atoms with E-state index in [-0.39, 0.29) is 11.9 Å². The number of hydrogen-bond acceptors (Lipinski definition) is 4. The molecule has 0 radical (unpaired) electrons. The van der Waals surface area contributed by atoms with Crippen molar-refractivity contribution < 1.29 is 4.79 Å². The summed E-state index contributed by atoms with van der Waals surface area (Å²) in [5.74, 6) is -0.0298. The van der Waals surface area contributed by atoms with Gasteiger partial charge >= 0.3 is 0 Å². The molecule has 1 atom stereocenters. The number of carbonyl (C=O) groups excluding carboxylic acids is 1. The maximum Gasteiger partial charge on any atom is 0.225 e. The van der Waals surface area contributed by atoms with Gasteiger partial charge in [-0.1, -0.05) is 29.8 Å². The molecule has 1 aromatic heterocycles. The smallest absolute Gasteiger partial charge is 0.225 e. The molecule has 3 rings (SSSR count). The summed E-state index contributed by atoms with van der Waals surface area (Å²) in [6, 6.07) is 15.5. The largest absolute Gasteiger partial charge is 0.326 e. The molecule has 0 saturated heterocycles. The number of halogens is 1. The van der Waals surface area contributed by atoms with Gasteiger partial charge in [0.1, 0.15) is 12.7 Å². The van der Waals surface area contributed by atoms with Crippen LogP contribution >= 0.6 is 11.6 Å². The Morgan fingerprint density at radius 2 is 2.04 bits per heavy atom. The van der Waals surface area contributed by atoms with E-state index in [1.165, 1.54) is 11.9 Å². The maximum atomic E-state index is 12.2. The zero-order valence-electron chi connectivity index (χ0n) is 15.3. The van der Waals surface area contributed by atoms with Crippen LogP contribution in [0.3, 0.4) is 0 Å². The van der Waals surface area contributed by atoms with E-state index in [9.17, 15) is 4.79 Å². The predicted molar refractivity (Wildman–Crippen MR) is 107 cm³/mol. The Labute approximate surface area is 163 Å². The fourth-order valence-corrected chi connectivity index (χ4v) is 2.95. The van der Waals surface area contributed by atoms with Crippen LogP contribution in [-0.4, -0.2) is 39.2 Å². The van der Waals surface area contributed by atoms with Crippen molar-refractivity contribution in [3.05, 3.63) is 71.8 Å². The van der Waals surface area contributed by atoms with E-state index in [0.29, 0.717) is 23.7 Å². The van der Waals surface area contributed by atoms with Gasteiger partial charge in [-0.15, -0.1) is 0 Å². The highest BCUT2D eigenvalue weighted by molar-refractivity contribution is 6.30. The number of amides is 1. The molecule has 0 fully saturated rings. The van der Waals surface area contributed by atoms with Crippen LogP contribution in [-0.2, 0) is 4.79 Å². The van der Waals surface area contributed by atoms with E-state index in [1.807, 2.05) is 31.3 Å². The molecule has 0 bridgehead atoms. The monoisotopic (exact) mass is 383 g/mol. The molecular weight excluding hydrogens is 362 g/mol.